The van der Waals surface area contributed by atoms with Crippen LogP contribution in [0.5, 0.6) is 5.75 Å². The first-order chi connectivity index (χ1) is 11.2. The van der Waals surface area contributed by atoms with Crippen molar-refractivity contribution in [1.29, 1.82) is 0 Å². The zero-order chi connectivity index (χ0) is 16.2. The molecule has 1 saturated heterocycles. The van der Waals surface area contributed by atoms with Crippen LogP contribution < -0.4 is 15.0 Å². The summed E-state index contributed by atoms with van der Waals surface area (Å²) in [5, 5.41) is 2.56. The van der Waals surface area contributed by atoms with Gasteiger partial charge < -0.3 is 15.0 Å². The van der Waals surface area contributed by atoms with Crippen molar-refractivity contribution in [3.63, 3.8) is 0 Å². The van der Waals surface area contributed by atoms with Gasteiger partial charge in [-0.2, -0.15) is 0 Å². The van der Waals surface area contributed by atoms with E-state index in [0.29, 0.717) is 11.4 Å². The van der Waals surface area contributed by atoms with Crippen LogP contribution in [0, 0.1) is 6.92 Å². The molecule has 0 saturated carbocycles. The van der Waals surface area contributed by atoms with Crippen molar-refractivity contribution in [1.82, 2.24) is 20.3 Å². The molecule has 0 aromatic carbocycles. The lowest BCUT2D eigenvalue weighted by molar-refractivity contribution is 0.0957. The molecule has 23 heavy (non-hydrogen) atoms. The Kier molecular flexibility index (Phi) is 4.36. The van der Waals surface area contributed by atoms with Crippen LogP contribution in [-0.2, 0) is 0 Å². The molecule has 3 heterocycles. The van der Waals surface area contributed by atoms with E-state index in [-0.39, 0.29) is 12.0 Å². The number of carbonyl (C=O) groups is 1. The smallest absolute Gasteiger partial charge is 0.269 e. The van der Waals surface area contributed by atoms with E-state index in [9.17, 15) is 4.79 Å². The minimum atomic E-state index is -0.222. The summed E-state index contributed by atoms with van der Waals surface area (Å²) in [6, 6.07) is 5.34. The number of pyridine rings is 1. The molecular weight excluding hydrogens is 294 g/mol. The molecule has 0 spiro atoms. The van der Waals surface area contributed by atoms with Gasteiger partial charge in [-0.05, 0) is 19.1 Å². The molecule has 1 amide bonds. The zero-order valence-corrected chi connectivity index (χ0v) is 13.2. The SMILES string of the molecule is CNC(=O)c1cc(OC2CCN(c3ccnc(C)n3)C2)ccn1. The van der Waals surface area contributed by atoms with Crippen molar-refractivity contribution in [3.8, 4) is 5.75 Å². The highest BCUT2D eigenvalue weighted by molar-refractivity contribution is 5.92. The Bertz CT molecular complexity index is 706. The Balaban J connectivity index is 1.65. The van der Waals surface area contributed by atoms with Gasteiger partial charge in [0.1, 0.15) is 29.2 Å². The second-order valence-corrected chi connectivity index (χ2v) is 5.39. The highest BCUT2D eigenvalue weighted by Gasteiger charge is 2.25. The van der Waals surface area contributed by atoms with Gasteiger partial charge in [0.15, 0.2) is 0 Å². The number of rotatable bonds is 4. The van der Waals surface area contributed by atoms with Gasteiger partial charge in [-0.25, -0.2) is 9.97 Å². The number of anilines is 1. The number of amides is 1. The van der Waals surface area contributed by atoms with E-state index in [4.69, 9.17) is 4.74 Å². The molecule has 1 N–H and O–H groups in total. The summed E-state index contributed by atoms with van der Waals surface area (Å²) in [4.78, 5) is 26.4. The standard InChI is InChI=1S/C16H19N5O2/c1-11-18-7-4-15(20-11)21-8-5-13(10-21)23-12-3-6-19-14(9-12)16(22)17-2/h3-4,6-7,9,13H,5,8,10H2,1-2H3,(H,17,22). The lowest BCUT2D eigenvalue weighted by Gasteiger charge is -2.18. The van der Waals surface area contributed by atoms with E-state index in [2.05, 4.69) is 25.2 Å². The van der Waals surface area contributed by atoms with Crippen LogP contribution in [0.4, 0.5) is 5.82 Å². The molecule has 1 aliphatic rings. The minimum absolute atomic E-state index is 0.0604. The normalized spacial score (nSPS) is 17.1. The molecule has 1 aliphatic heterocycles. The molecule has 1 atom stereocenters. The predicted octanol–water partition coefficient (Wildman–Crippen LogP) is 1.20. The second-order valence-electron chi connectivity index (χ2n) is 5.39. The summed E-state index contributed by atoms with van der Waals surface area (Å²) in [5.74, 6) is 2.12. The van der Waals surface area contributed by atoms with E-state index >= 15 is 0 Å². The summed E-state index contributed by atoms with van der Waals surface area (Å²) in [6.45, 7) is 3.52. The molecule has 3 rings (SSSR count). The third kappa shape index (κ3) is 3.56. The third-order valence-corrected chi connectivity index (χ3v) is 3.72. The molecule has 0 aliphatic carbocycles. The molecular formula is C16H19N5O2. The van der Waals surface area contributed by atoms with Gasteiger partial charge in [-0.1, -0.05) is 0 Å². The molecule has 0 radical (unpaired) electrons. The molecule has 7 heteroatoms. The van der Waals surface area contributed by atoms with Crippen LogP contribution in [0.15, 0.2) is 30.6 Å². The summed E-state index contributed by atoms with van der Waals surface area (Å²) in [5.41, 5.74) is 0.353. The number of hydrogen-bond donors (Lipinski definition) is 1. The highest BCUT2D eigenvalue weighted by atomic mass is 16.5. The molecule has 2 aromatic heterocycles. The van der Waals surface area contributed by atoms with Gasteiger partial charge in [-0.15, -0.1) is 0 Å². The first-order valence-corrected chi connectivity index (χ1v) is 7.55. The van der Waals surface area contributed by atoms with Crippen molar-refractivity contribution < 1.29 is 9.53 Å². The van der Waals surface area contributed by atoms with Gasteiger partial charge in [0.25, 0.3) is 5.91 Å². The van der Waals surface area contributed by atoms with Gasteiger partial charge in [0.05, 0.1) is 6.54 Å². The van der Waals surface area contributed by atoms with Crippen molar-refractivity contribution >= 4 is 11.7 Å². The summed E-state index contributed by atoms with van der Waals surface area (Å²) in [7, 11) is 1.58. The van der Waals surface area contributed by atoms with Gasteiger partial charge in [0, 0.05) is 38.5 Å². The quantitative estimate of drug-likeness (QED) is 0.913. The van der Waals surface area contributed by atoms with Gasteiger partial charge in [-0.3, -0.25) is 9.78 Å². The fourth-order valence-corrected chi connectivity index (χ4v) is 2.58. The average Bonchev–Trinajstić information content (AvgIpc) is 3.03. The number of nitrogens with one attached hydrogen (secondary N) is 1. The van der Waals surface area contributed by atoms with Crippen LogP contribution >= 0.6 is 0 Å². The Hall–Kier alpha value is -2.70. The Labute approximate surface area is 134 Å². The molecule has 1 fully saturated rings. The van der Waals surface area contributed by atoms with Gasteiger partial charge >= 0.3 is 0 Å². The maximum Gasteiger partial charge on any atom is 0.269 e. The number of aromatic nitrogens is 3. The van der Waals surface area contributed by atoms with E-state index in [1.54, 1.807) is 31.6 Å². The lowest BCUT2D eigenvalue weighted by atomic mass is 10.3. The van der Waals surface area contributed by atoms with Crippen LogP contribution in [-0.4, -0.2) is 47.1 Å². The van der Waals surface area contributed by atoms with Crippen molar-refractivity contribution in [2.24, 2.45) is 0 Å². The monoisotopic (exact) mass is 313 g/mol. The topological polar surface area (TPSA) is 80.2 Å². The lowest BCUT2D eigenvalue weighted by Crippen LogP contribution is -2.25. The Morgan fingerprint density at radius 3 is 2.96 bits per heavy atom. The van der Waals surface area contributed by atoms with Crippen molar-refractivity contribution in [3.05, 3.63) is 42.1 Å². The van der Waals surface area contributed by atoms with E-state index in [1.807, 2.05) is 13.0 Å². The number of carbonyl (C=O) groups excluding carboxylic acids is 1. The van der Waals surface area contributed by atoms with E-state index in [0.717, 1.165) is 31.2 Å². The summed E-state index contributed by atoms with van der Waals surface area (Å²) < 4.78 is 5.99. The zero-order valence-electron chi connectivity index (χ0n) is 13.2. The Morgan fingerprint density at radius 2 is 2.17 bits per heavy atom. The third-order valence-electron chi connectivity index (χ3n) is 3.72. The molecule has 120 valence electrons. The van der Waals surface area contributed by atoms with Crippen molar-refractivity contribution in [2.75, 3.05) is 25.0 Å². The van der Waals surface area contributed by atoms with Crippen LogP contribution in [0.3, 0.4) is 0 Å². The first kappa shape index (κ1) is 15.2. The number of hydrogen-bond acceptors (Lipinski definition) is 6. The maximum absolute atomic E-state index is 11.6. The number of nitrogens with zero attached hydrogens (tertiary/aromatic N) is 4. The summed E-state index contributed by atoms with van der Waals surface area (Å²) in [6.07, 6.45) is 4.32. The van der Waals surface area contributed by atoms with Crippen LogP contribution in [0.2, 0.25) is 0 Å². The average molecular weight is 313 g/mol. The molecule has 0 bridgehead atoms. The van der Waals surface area contributed by atoms with Crippen LogP contribution in [0.25, 0.3) is 0 Å². The largest absolute Gasteiger partial charge is 0.488 e. The van der Waals surface area contributed by atoms with Crippen LogP contribution in [0.1, 0.15) is 22.7 Å². The fourth-order valence-electron chi connectivity index (χ4n) is 2.58. The second kappa shape index (κ2) is 6.60. The molecule has 2 aromatic rings. The van der Waals surface area contributed by atoms with Gasteiger partial charge in [0.2, 0.25) is 0 Å². The highest BCUT2D eigenvalue weighted by Crippen LogP contribution is 2.22. The molecule has 7 nitrogen and oxygen atoms in total. The number of ether oxygens (including phenoxy) is 1. The predicted molar refractivity (Wildman–Crippen MR) is 85.6 cm³/mol. The molecule has 1 unspecified atom stereocenters. The Morgan fingerprint density at radius 1 is 1.35 bits per heavy atom. The summed E-state index contributed by atoms with van der Waals surface area (Å²) >= 11 is 0. The van der Waals surface area contributed by atoms with E-state index < -0.39 is 0 Å². The minimum Gasteiger partial charge on any atom is -0.488 e. The number of aryl methyl sites for hydroxylation is 1. The fraction of sp³-hybridized carbons (Fsp3) is 0.375. The van der Waals surface area contributed by atoms with E-state index in [1.165, 1.54) is 0 Å². The maximum atomic E-state index is 11.6. The van der Waals surface area contributed by atoms with Crippen molar-refractivity contribution in [2.45, 2.75) is 19.4 Å². The first-order valence-electron chi connectivity index (χ1n) is 7.55.